The number of nitrogens with zero attached hydrogens (tertiary/aromatic N) is 2. The molecule has 1 aromatic heterocycles. The van der Waals surface area contributed by atoms with Gasteiger partial charge >= 0.3 is 0 Å². The molecule has 0 spiro atoms. The number of hydrogen-bond donors (Lipinski definition) is 1. The predicted molar refractivity (Wildman–Crippen MR) is 66.7 cm³/mol. The Kier molecular flexibility index (Phi) is 5.64. The summed E-state index contributed by atoms with van der Waals surface area (Å²) in [5.41, 5.74) is 0. The van der Waals surface area contributed by atoms with Crippen molar-refractivity contribution in [1.29, 1.82) is 0 Å². The van der Waals surface area contributed by atoms with Gasteiger partial charge in [-0.3, -0.25) is 0 Å². The molecule has 4 heteroatoms. The molecular weight excluding hydrogens is 202 g/mol. The van der Waals surface area contributed by atoms with E-state index in [0.717, 1.165) is 25.3 Å². The summed E-state index contributed by atoms with van der Waals surface area (Å²) >= 11 is 0. The van der Waals surface area contributed by atoms with Gasteiger partial charge in [-0.05, 0) is 6.42 Å². The van der Waals surface area contributed by atoms with E-state index in [1.54, 1.807) is 7.11 Å². The van der Waals surface area contributed by atoms with Crippen LogP contribution in [-0.4, -0.2) is 29.8 Å². The molecule has 0 aliphatic heterocycles. The molecule has 1 unspecified atom stereocenters. The molecule has 0 saturated carbocycles. The first kappa shape index (κ1) is 12.8. The summed E-state index contributed by atoms with van der Waals surface area (Å²) < 4.78 is 7.38. The predicted octanol–water partition coefficient (Wildman–Crippen LogP) is 2.47. The molecule has 16 heavy (non-hydrogen) atoms. The zero-order valence-corrected chi connectivity index (χ0v) is 10.1. The summed E-state index contributed by atoms with van der Waals surface area (Å²) in [7, 11) is 1.73. The van der Waals surface area contributed by atoms with Crippen molar-refractivity contribution in [3.8, 4) is 0 Å². The van der Waals surface area contributed by atoms with Crippen LogP contribution >= 0.6 is 0 Å². The second kappa shape index (κ2) is 7.06. The smallest absolute Gasteiger partial charge is 0.203 e. The molecule has 1 aromatic rings. The van der Waals surface area contributed by atoms with E-state index in [4.69, 9.17) is 4.74 Å². The van der Waals surface area contributed by atoms with Crippen molar-refractivity contribution in [2.75, 3.05) is 25.6 Å². The SMILES string of the molecule is C=CCNc1nccn1C(CCC)COC. The Morgan fingerprint density at radius 3 is 3.12 bits per heavy atom. The van der Waals surface area contributed by atoms with Crippen molar-refractivity contribution >= 4 is 5.95 Å². The van der Waals surface area contributed by atoms with Gasteiger partial charge < -0.3 is 14.6 Å². The third-order valence-electron chi connectivity index (χ3n) is 2.45. The van der Waals surface area contributed by atoms with E-state index in [0.29, 0.717) is 12.6 Å². The minimum atomic E-state index is 0.352. The molecule has 1 atom stereocenters. The van der Waals surface area contributed by atoms with Crippen LogP contribution in [0.1, 0.15) is 25.8 Å². The standard InChI is InChI=1S/C12H21N3O/c1-4-6-11(10-16-3)15-9-8-14-12(15)13-7-5-2/h5,8-9,11H,2,4,6-7,10H2,1,3H3,(H,13,14). The molecule has 0 aliphatic rings. The van der Waals surface area contributed by atoms with Gasteiger partial charge in [0, 0.05) is 26.0 Å². The van der Waals surface area contributed by atoms with Gasteiger partial charge in [0.2, 0.25) is 5.95 Å². The number of rotatable bonds is 8. The van der Waals surface area contributed by atoms with Crippen molar-refractivity contribution in [2.45, 2.75) is 25.8 Å². The lowest BCUT2D eigenvalue weighted by molar-refractivity contribution is 0.151. The van der Waals surface area contributed by atoms with E-state index >= 15 is 0 Å². The van der Waals surface area contributed by atoms with E-state index in [1.165, 1.54) is 0 Å². The van der Waals surface area contributed by atoms with E-state index in [2.05, 4.69) is 28.4 Å². The highest BCUT2D eigenvalue weighted by Gasteiger charge is 2.13. The average Bonchev–Trinajstić information content (AvgIpc) is 2.74. The molecule has 0 saturated heterocycles. The van der Waals surface area contributed by atoms with Crippen LogP contribution in [0.5, 0.6) is 0 Å². The second-order valence-corrected chi connectivity index (χ2v) is 3.73. The van der Waals surface area contributed by atoms with Crippen LogP contribution in [0.15, 0.2) is 25.0 Å². The van der Waals surface area contributed by atoms with Crippen LogP contribution in [0.2, 0.25) is 0 Å². The number of imidazole rings is 1. The van der Waals surface area contributed by atoms with E-state index in [1.807, 2.05) is 18.5 Å². The number of anilines is 1. The fourth-order valence-corrected chi connectivity index (χ4v) is 1.74. The highest BCUT2D eigenvalue weighted by atomic mass is 16.5. The van der Waals surface area contributed by atoms with Crippen LogP contribution in [0.3, 0.4) is 0 Å². The summed E-state index contributed by atoms with van der Waals surface area (Å²) in [6, 6.07) is 0.352. The zero-order valence-electron chi connectivity index (χ0n) is 10.1. The quantitative estimate of drug-likeness (QED) is 0.688. The molecule has 0 bridgehead atoms. The maximum Gasteiger partial charge on any atom is 0.203 e. The van der Waals surface area contributed by atoms with Crippen molar-refractivity contribution < 1.29 is 4.74 Å². The Balaban J connectivity index is 2.73. The van der Waals surface area contributed by atoms with E-state index < -0.39 is 0 Å². The maximum atomic E-state index is 5.24. The highest BCUT2D eigenvalue weighted by Crippen LogP contribution is 2.19. The van der Waals surface area contributed by atoms with Crippen molar-refractivity contribution in [1.82, 2.24) is 9.55 Å². The highest BCUT2D eigenvalue weighted by molar-refractivity contribution is 5.27. The molecule has 0 radical (unpaired) electrons. The van der Waals surface area contributed by atoms with Crippen LogP contribution in [-0.2, 0) is 4.74 Å². The molecule has 0 aromatic carbocycles. The topological polar surface area (TPSA) is 39.1 Å². The summed E-state index contributed by atoms with van der Waals surface area (Å²) in [6.07, 6.45) is 7.85. The molecule has 1 heterocycles. The van der Waals surface area contributed by atoms with Gasteiger partial charge in [-0.1, -0.05) is 19.4 Å². The largest absolute Gasteiger partial charge is 0.383 e. The minimum Gasteiger partial charge on any atom is -0.383 e. The first-order valence-electron chi connectivity index (χ1n) is 5.70. The number of aromatic nitrogens is 2. The second-order valence-electron chi connectivity index (χ2n) is 3.73. The molecule has 0 amide bonds. The summed E-state index contributed by atoms with van der Waals surface area (Å²) in [5.74, 6) is 0.885. The van der Waals surface area contributed by atoms with Crippen molar-refractivity contribution in [3.63, 3.8) is 0 Å². The van der Waals surface area contributed by atoms with Crippen LogP contribution in [0, 0.1) is 0 Å². The third kappa shape index (κ3) is 3.38. The molecule has 90 valence electrons. The normalized spacial score (nSPS) is 12.4. The Morgan fingerprint density at radius 1 is 1.69 bits per heavy atom. The summed E-state index contributed by atoms with van der Waals surface area (Å²) in [4.78, 5) is 4.29. The van der Waals surface area contributed by atoms with Gasteiger partial charge in [0.1, 0.15) is 0 Å². The first-order chi connectivity index (χ1) is 7.83. The number of ether oxygens (including phenoxy) is 1. The van der Waals surface area contributed by atoms with E-state index in [9.17, 15) is 0 Å². The zero-order chi connectivity index (χ0) is 11.8. The molecule has 0 aliphatic carbocycles. The van der Waals surface area contributed by atoms with Gasteiger partial charge in [-0.25, -0.2) is 4.98 Å². The molecule has 1 N–H and O–H groups in total. The lowest BCUT2D eigenvalue weighted by Gasteiger charge is -2.19. The molecule has 0 fully saturated rings. The van der Waals surface area contributed by atoms with Crippen molar-refractivity contribution in [3.05, 3.63) is 25.0 Å². The summed E-state index contributed by atoms with van der Waals surface area (Å²) in [6.45, 7) is 7.30. The van der Waals surface area contributed by atoms with Gasteiger partial charge in [-0.2, -0.15) is 0 Å². The lowest BCUT2D eigenvalue weighted by atomic mass is 10.2. The summed E-state index contributed by atoms with van der Waals surface area (Å²) in [5, 5.41) is 3.22. The number of methoxy groups -OCH3 is 1. The molecule has 1 rings (SSSR count). The Labute approximate surface area is 97.3 Å². The van der Waals surface area contributed by atoms with Crippen LogP contribution < -0.4 is 5.32 Å². The minimum absolute atomic E-state index is 0.352. The average molecular weight is 223 g/mol. The van der Waals surface area contributed by atoms with Gasteiger partial charge in [0.15, 0.2) is 0 Å². The van der Waals surface area contributed by atoms with Crippen molar-refractivity contribution in [2.24, 2.45) is 0 Å². The van der Waals surface area contributed by atoms with Gasteiger partial charge in [0.05, 0.1) is 12.6 Å². The molecular formula is C12H21N3O. The Hall–Kier alpha value is -1.29. The Morgan fingerprint density at radius 2 is 2.50 bits per heavy atom. The molecule has 4 nitrogen and oxygen atoms in total. The fourth-order valence-electron chi connectivity index (χ4n) is 1.74. The van der Waals surface area contributed by atoms with Crippen LogP contribution in [0.25, 0.3) is 0 Å². The number of nitrogens with one attached hydrogen (secondary N) is 1. The third-order valence-corrected chi connectivity index (χ3v) is 2.45. The fraction of sp³-hybridized carbons (Fsp3) is 0.583. The van der Waals surface area contributed by atoms with Crippen LogP contribution in [0.4, 0.5) is 5.95 Å². The van der Waals surface area contributed by atoms with Gasteiger partial charge in [-0.15, -0.1) is 6.58 Å². The Bertz CT molecular complexity index is 303. The maximum absolute atomic E-state index is 5.24. The monoisotopic (exact) mass is 223 g/mol. The van der Waals surface area contributed by atoms with E-state index in [-0.39, 0.29) is 0 Å². The van der Waals surface area contributed by atoms with Gasteiger partial charge in [0.25, 0.3) is 0 Å². The lowest BCUT2D eigenvalue weighted by Crippen LogP contribution is -2.17. The number of hydrogen-bond acceptors (Lipinski definition) is 3. The first-order valence-corrected chi connectivity index (χ1v) is 5.70.